The number of hydrogen-bond donors (Lipinski definition) is 12. The molecule has 0 saturated carbocycles. The molecule has 0 aliphatic heterocycles. The van der Waals surface area contributed by atoms with Crippen LogP contribution in [0.4, 0.5) is 57.9 Å². The number of H-pyrrole nitrogens is 2. The number of aromatic amines is 2. The minimum Gasteiger partial charge on any atom is -0.326 e. The molecule has 30 nitrogen and oxygen atoms in total. The van der Waals surface area contributed by atoms with E-state index in [1.165, 1.54) is 72.8 Å². The third-order valence-electron chi connectivity index (χ3n) is 10.4. The van der Waals surface area contributed by atoms with Gasteiger partial charge in [-0.2, -0.15) is 70.4 Å². The normalized spacial score (nSPS) is 13.1. The topological polar surface area (TPSA) is 482 Å². The molecule has 8 aromatic rings. The van der Waals surface area contributed by atoms with Crippen molar-refractivity contribution in [2.24, 2.45) is 9.98 Å². The molecule has 6 aromatic carbocycles. The van der Waals surface area contributed by atoms with E-state index >= 15 is 0 Å². The third kappa shape index (κ3) is 15.1. The summed E-state index contributed by atoms with van der Waals surface area (Å²) in [5, 5.41) is 11.3. The van der Waals surface area contributed by atoms with Gasteiger partial charge in [-0.1, -0.05) is 24.3 Å². The van der Waals surface area contributed by atoms with Crippen LogP contribution >= 0.6 is 0 Å². The Morgan fingerprint density at radius 3 is 0.887 bits per heavy atom. The molecule has 0 radical (unpaired) electrons. The first kappa shape index (κ1) is 57.5. The minimum absolute atomic E-state index is 0.120. The molecule has 0 saturated heterocycles. The Balaban J connectivity index is 1.13. The van der Waals surface area contributed by atoms with E-state index in [0.29, 0.717) is 0 Å². The van der Waals surface area contributed by atoms with Crippen molar-refractivity contribution in [2.45, 2.75) is 29.4 Å². The van der Waals surface area contributed by atoms with E-state index in [1.807, 2.05) is 0 Å². The fraction of sp³-hybridized carbons (Fsp3) is 0. The Morgan fingerprint density at radius 2 is 0.625 bits per heavy atom. The largest absolute Gasteiger partial charge is 0.326 e. The maximum atomic E-state index is 12.8. The predicted octanol–water partition coefficient (Wildman–Crippen LogP) is 5.01. The lowest BCUT2D eigenvalue weighted by Gasteiger charge is -2.10. The highest BCUT2D eigenvalue weighted by Gasteiger charge is 2.19. The van der Waals surface area contributed by atoms with Gasteiger partial charge in [-0.05, 0) is 132 Å². The molecule has 0 aliphatic rings. The summed E-state index contributed by atoms with van der Waals surface area (Å²) in [7, 11) is -28.4. The van der Waals surface area contributed by atoms with E-state index in [4.69, 9.17) is 0 Å². The van der Waals surface area contributed by atoms with Gasteiger partial charge in [0.2, 0.25) is 35.0 Å². The second kappa shape index (κ2) is 22.2. The van der Waals surface area contributed by atoms with Crippen LogP contribution in [0.2, 0.25) is 0 Å². The minimum atomic E-state index is -5.10. The highest BCUT2D eigenvalue weighted by atomic mass is 32.2. The van der Waals surface area contributed by atoms with Crippen LogP contribution in [-0.4, -0.2) is 108 Å². The summed E-state index contributed by atoms with van der Waals surface area (Å²) in [5.74, 6) is -0.667. The van der Waals surface area contributed by atoms with Gasteiger partial charge < -0.3 is 21.3 Å². The van der Waals surface area contributed by atoms with Crippen LogP contribution < -0.4 is 32.5 Å². The summed E-state index contributed by atoms with van der Waals surface area (Å²) >= 11 is 0. The quantitative estimate of drug-likeness (QED) is 0.0396. The molecule has 2 aromatic heterocycles. The molecule has 0 fully saturated rings. The highest BCUT2D eigenvalue weighted by Crippen LogP contribution is 2.29. The van der Waals surface area contributed by atoms with Crippen molar-refractivity contribution in [3.05, 3.63) is 156 Å². The highest BCUT2D eigenvalue weighted by molar-refractivity contribution is 7.87. The van der Waals surface area contributed by atoms with Crippen molar-refractivity contribution in [3.63, 3.8) is 0 Å². The van der Waals surface area contributed by atoms with Crippen LogP contribution in [0.5, 0.6) is 0 Å². The summed E-state index contributed by atoms with van der Waals surface area (Å²) in [6, 6.07) is 25.6. The van der Waals surface area contributed by atoms with Gasteiger partial charge in [0.05, 0.1) is 31.0 Å². The zero-order chi connectivity index (χ0) is 58.0. The van der Waals surface area contributed by atoms with Crippen LogP contribution in [0, 0.1) is 0 Å². The van der Waals surface area contributed by atoms with Crippen molar-refractivity contribution in [1.82, 2.24) is 29.9 Å². The fourth-order valence-corrected chi connectivity index (χ4v) is 10.2. The van der Waals surface area contributed by atoms with E-state index in [2.05, 4.69) is 61.2 Å². The zero-order valence-electron chi connectivity index (χ0n) is 39.6. The molecule has 0 atom stereocenters. The maximum Gasteiger partial charge on any atom is 0.295 e. The first-order valence-electron chi connectivity index (χ1n) is 21.7. The van der Waals surface area contributed by atoms with Gasteiger partial charge in [0.1, 0.15) is 9.79 Å². The molecule has 80 heavy (non-hydrogen) atoms. The molecule has 0 aliphatic carbocycles. The Morgan fingerprint density at radius 1 is 0.350 bits per heavy atom. The molecule has 0 amide bonds. The van der Waals surface area contributed by atoms with Crippen LogP contribution in [0.1, 0.15) is 11.1 Å². The van der Waals surface area contributed by atoms with E-state index in [1.54, 1.807) is 0 Å². The molecule has 2 heterocycles. The summed E-state index contributed by atoms with van der Waals surface area (Å²) < 4.78 is 202. The molecule has 0 bridgehead atoms. The zero-order valence-corrected chi connectivity index (χ0v) is 44.5. The van der Waals surface area contributed by atoms with Crippen LogP contribution in [0.25, 0.3) is 12.2 Å². The lowest BCUT2D eigenvalue weighted by molar-refractivity contribution is 0.480. The summed E-state index contributed by atoms with van der Waals surface area (Å²) in [6.07, 6.45) is 2.18. The van der Waals surface area contributed by atoms with E-state index < -0.39 is 90.1 Å². The van der Waals surface area contributed by atoms with Crippen molar-refractivity contribution in [1.29, 1.82) is 0 Å². The fourth-order valence-electron chi connectivity index (χ4n) is 6.83. The number of hydrogen-bond acceptors (Lipinski definition) is 22. The third-order valence-corrected chi connectivity index (χ3v) is 15.7. The molecule has 8 rings (SSSR count). The number of nitrogens with zero attached hydrogens (tertiary/aromatic N) is 6. The van der Waals surface area contributed by atoms with Gasteiger partial charge in [-0.25, -0.2) is 9.98 Å². The Labute approximate surface area is 452 Å². The average molecular weight is 1210 g/mol. The summed E-state index contributed by atoms with van der Waals surface area (Å²) in [4.78, 5) is 28.0. The van der Waals surface area contributed by atoms with Gasteiger partial charge >= 0.3 is 0 Å². The lowest BCUT2D eigenvalue weighted by atomic mass is 10.1. The van der Waals surface area contributed by atoms with Gasteiger partial charge in [-0.15, -0.1) is 0 Å². The predicted molar refractivity (Wildman–Crippen MR) is 283 cm³/mol. The molecular formula is C44H36N12O18S6. The second-order valence-corrected chi connectivity index (χ2v) is 24.6. The second-order valence-electron chi connectivity index (χ2n) is 16.1. The van der Waals surface area contributed by atoms with Crippen molar-refractivity contribution < 1.29 is 77.8 Å². The van der Waals surface area contributed by atoms with Crippen LogP contribution in [-0.2, 0) is 60.7 Å². The smallest absolute Gasteiger partial charge is 0.295 e. The number of aromatic nitrogens is 6. The molecule has 0 unspecified atom stereocenters. The van der Waals surface area contributed by atoms with Crippen molar-refractivity contribution in [3.8, 4) is 0 Å². The van der Waals surface area contributed by atoms with E-state index in [-0.39, 0.29) is 80.3 Å². The SMILES string of the molecule is O=S(=O)(O)c1ccc(Nc2nc(Nc3ccc(S(=O)(=O)O)cc3)[nH]c(=Nc3ccc(/C=C/c4ccc(N=c5nc(Nc6ccc(S(=O)(=O)O)cc6)nc(Nc6ccc(S(=O)(=O)O)cc6)[nH]5)cc4S(=O)(=O)O)c(S(=O)(=O)O)c3)n2)cc1. The summed E-state index contributed by atoms with van der Waals surface area (Å²) in [5.41, 5.74) is -0.493. The van der Waals surface area contributed by atoms with Crippen molar-refractivity contribution >= 4 is 131 Å². The Kier molecular flexibility index (Phi) is 16.0. The molecular weight excluding hydrogens is 1180 g/mol. The number of benzene rings is 6. The lowest BCUT2D eigenvalue weighted by Crippen LogP contribution is -2.18. The first-order chi connectivity index (χ1) is 37.3. The van der Waals surface area contributed by atoms with E-state index in [9.17, 15) is 77.8 Å². The summed E-state index contributed by atoms with van der Waals surface area (Å²) in [6.45, 7) is 0. The maximum absolute atomic E-state index is 12.8. The van der Waals surface area contributed by atoms with Crippen molar-refractivity contribution in [2.75, 3.05) is 21.3 Å². The molecule has 12 N–H and O–H groups in total. The average Bonchev–Trinajstić information content (AvgIpc) is 3.36. The van der Waals surface area contributed by atoms with Gasteiger partial charge in [0, 0.05) is 22.7 Å². The first-order valence-corrected chi connectivity index (χ1v) is 30.3. The number of nitrogens with one attached hydrogen (secondary N) is 6. The number of anilines is 8. The standard InChI is InChI=1S/C44H36N12O18S6/c57-75(58,59)33-15-7-27(8-16-33)45-39-51-40(46-28-9-17-34(18-10-28)76(60,61)62)54-43(53-39)49-31-5-3-25(37(23-31)79(69,70)71)1-2-26-4-6-32(24-38(26)80(72,73)74)50-44-55-41(47-29-11-19-35(20-12-29)77(63,64)65)52-42(56-44)48-30-13-21-36(22-14-30)78(66,67)68/h1-24H,(H,57,58,59)(H,60,61,62)(H,63,64,65)(H,66,67,68)(H,69,70,71)(H,72,73,74)(H3,45,46,49,51,53,54)(H3,47,48,50,52,55,56)/b2-1+. The molecule has 416 valence electrons. The van der Waals surface area contributed by atoms with Gasteiger partial charge in [0.25, 0.3) is 60.7 Å². The number of rotatable bonds is 18. The Hall–Kier alpha value is -8.66. The Bertz CT molecular complexity index is 4130. The van der Waals surface area contributed by atoms with Crippen LogP contribution in [0.3, 0.4) is 0 Å². The molecule has 0 spiro atoms. The van der Waals surface area contributed by atoms with Gasteiger partial charge in [0.15, 0.2) is 0 Å². The molecule has 36 heteroatoms. The monoisotopic (exact) mass is 1210 g/mol. The van der Waals surface area contributed by atoms with Gasteiger partial charge in [-0.3, -0.25) is 37.3 Å². The van der Waals surface area contributed by atoms with Crippen LogP contribution in [0.15, 0.2) is 173 Å². The van der Waals surface area contributed by atoms with E-state index in [0.717, 1.165) is 72.8 Å².